The van der Waals surface area contributed by atoms with Gasteiger partial charge in [0.25, 0.3) is 0 Å². The Kier molecular flexibility index (Phi) is 2.55. The first kappa shape index (κ1) is 9.91. The molecule has 7 nitrogen and oxygen atoms in total. The first-order valence-electron chi connectivity index (χ1n) is 4.72. The summed E-state index contributed by atoms with van der Waals surface area (Å²) in [6.07, 6.45) is 2.55. The van der Waals surface area contributed by atoms with Gasteiger partial charge in [-0.15, -0.1) is 0 Å². The lowest BCUT2D eigenvalue weighted by Crippen LogP contribution is -2.28. The Labute approximate surface area is 84.8 Å². The lowest BCUT2D eigenvalue weighted by Gasteiger charge is -2.21. The van der Waals surface area contributed by atoms with Crippen LogP contribution in [0, 0.1) is 10.1 Å². The molecule has 1 fully saturated rings. The minimum Gasteiger partial charge on any atom is -0.381 e. The van der Waals surface area contributed by atoms with Crippen LogP contribution in [0.25, 0.3) is 0 Å². The van der Waals surface area contributed by atoms with Gasteiger partial charge in [-0.3, -0.25) is 20.0 Å². The van der Waals surface area contributed by atoms with Crippen LogP contribution in [-0.4, -0.2) is 27.9 Å². The van der Waals surface area contributed by atoms with Crippen LogP contribution in [0.4, 0.5) is 5.69 Å². The third-order valence-electron chi connectivity index (χ3n) is 2.53. The predicted octanol–water partition coefficient (Wildman–Crippen LogP) is 0.436. The van der Waals surface area contributed by atoms with Crippen LogP contribution in [0.5, 0.6) is 0 Å². The van der Waals surface area contributed by atoms with E-state index in [1.807, 2.05) is 0 Å². The molecule has 0 spiro atoms. The Hall–Kier alpha value is -1.63. The molecule has 15 heavy (non-hydrogen) atoms. The average molecular weight is 213 g/mol. The fourth-order valence-corrected chi connectivity index (χ4v) is 1.72. The molecule has 1 aromatic heterocycles. The summed E-state index contributed by atoms with van der Waals surface area (Å²) in [5.74, 6) is 0. The third kappa shape index (κ3) is 1.78. The molecule has 1 N–H and O–H groups in total. The van der Waals surface area contributed by atoms with E-state index in [-0.39, 0.29) is 6.04 Å². The van der Waals surface area contributed by atoms with Crippen LogP contribution >= 0.6 is 0 Å². The zero-order valence-electron chi connectivity index (χ0n) is 8.01. The molecule has 0 bridgehead atoms. The monoisotopic (exact) mass is 213 g/mol. The van der Waals surface area contributed by atoms with Gasteiger partial charge in [-0.25, -0.2) is 4.68 Å². The van der Waals surface area contributed by atoms with Crippen LogP contribution in [-0.2, 0) is 4.74 Å². The minimum absolute atomic E-state index is 0.0139. The van der Waals surface area contributed by atoms with Crippen molar-refractivity contribution in [2.24, 2.45) is 0 Å². The fourth-order valence-electron chi connectivity index (χ4n) is 1.72. The van der Waals surface area contributed by atoms with Gasteiger partial charge in [0.15, 0.2) is 0 Å². The molecule has 0 unspecified atom stereocenters. The van der Waals surface area contributed by atoms with E-state index in [0.29, 0.717) is 26.1 Å². The second-order valence-electron chi connectivity index (χ2n) is 3.43. The molecule has 1 aliphatic rings. The molecule has 0 amide bonds. The van der Waals surface area contributed by atoms with Gasteiger partial charge in [-0.05, 0) is 12.8 Å². The molecule has 0 radical (unpaired) electrons. The molecule has 0 aliphatic carbocycles. The Balaban J connectivity index is 2.28. The molecule has 0 atom stereocenters. The number of hydrogen-bond donors (Lipinski definition) is 1. The van der Waals surface area contributed by atoms with E-state index in [2.05, 4.69) is 5.10 Å². The second kappa shape index (κ2) is 3.85. The first-order valence-corrected chi connectivity index (χ1v) is 4.72. The van der Waals surface area contributed by atoms with Crippen molar-refractivity contribution in [1.82, 2.24) is 9.78 Å². The fraction of sp³-hybridized carbons (Fsp3) is 0.625. The van der Waals surface area contributed by atoms with Gasteiger partial charge < -0.3 is 4.74 Å². The van der Waals surface area contributed by atoms with E-state index in [1.54, 1.807) is 0 Å². The number of nitro groups is 1. The lowest BCUT2D eigenvalue weighted by atomic mass is 10.1. The average Bonchev–Trinajstić information content (AvgIpc) is 2.61. The first-order chi connectivity index (χ1) is 7.20. The lowest BCUT2D eigenvalue weighted by molar-refractivity contribution is -0.386. The van der Waals surface area contributed by atoms with Gasteiger partial charge in [-0.2, -0.15) is 0 Å². The van der Waals surface area contributed by atoms with Crippen molar-refractivity contribution in [3.63, 3.8) is 0 Å². The van der Waals surface area contributed by atoms with Gasteiger partial charge >= 0.3 is 11.2 Å². The number of hydrogen-bond acceptors (Lipinski definition) is 4. The van der Waals surface area contributed by atoms with Crippen LogP contribution in [0.2, 0.25) is 0 Å². The van der Waals surface area contributed by atoms with Crippen molar-refractivity contribution in [3.8, 4) is 0 Å². The largest absolute Gasteiger partial charge is 0.381 e. The zero-order valence-corrected chi connectivity index (χ0v) is 8.01. The van der Waals surface area contributed by atoms with Gasteiger partial charge in [0.05, 0.1) is 11.0 Å². The summed E-state index contributed by atoms with van der Waals surface area (Å²) in [5, 5.41) is 13.1. The number of nitrogens with zero attached hydrogens (tertiary/aromatic N) is 2. The number of ether oxygens (including phenoxy) is 1. The highest BCUT2D eigenvalue weighted by Gasteiger charge is 2.23. The van der Waals surface area contributed by atoms with Gasteiger partial charge in [0, 0.05) is 13.2 Å². The summed E-state index contributed by atoms with van der Waals surface area (Å²) in [4.78, 5) is 21.4. The van der Waals surface area contributed by atoms with Gasteiger partial charge in [-0.1, -0.05) is 0 Å². The van der Waals surface area contributed by atoms with Crippen LogP contribution in [0.1, 0.15) is 18.9 Å². The summed E-state index contributed by atoms with van der Waals surface area (Å²) in [5.41, 5.74) is -0.964. The van der Waals surface area contributed by atoms with E-state index in [0.717, 1.165) is 6.20 Å². The van der Waals surface area contributed by atoms with Gasteiger partial charge in [0.2, 0.25) is 0 Å². The summed E-state index contributed by atoms with van der Waals surface area (Å²) in [7, 11) is 0. The number of rotatable bonds is 2. The molecule has 1 aromatic rings. The quantitative estimate of drug-likeness (QED) is 0.570. The topological polar surface area (TPSA) is 90.2 Å². The smallest absolute Gasteiger partial charge is 0.352 e. The number of H-pyrrole nitrogens is 1. The number of aromatic amines is 1. The molecular weight excluding hydrogens is 202 g/mol. The standard InChI is InChI=1S/C8H11N3O4/c12-8-7(11(13)14)5-9-10(8)6-1-3-15-4-2-6/h5-6,9H,1-4H2. The summed E-state index contributed by atoms with van der Waals surface area (Å²) < 4.78 is 6.47. The Morgan fingerprint density at radius 2 is 2.20 bits per heavy atom. The molecule has 0 aromatic carbocycles. The van der Waals surface area contributed by atoms with E-state index >= 15 is 0 Å². The summed E-state index contributed by atoms with van der Waals surface area (Å²) in [6, 6.07) is -0.0139. The van der Waals surface area contributed by atoms with Crippen molar-refractivity contribution in [1.29, 1.82) is 0 Å². The molecule has 2 heterocycles. The van der Waals surface area contributed by atoms with E-state index in [1.165, 1.54) is 4.68 Å². The maximum Gasteiger partial charge on any atom is 0.352 e. The van der Waals surface area contributed by atoms with Gasteiger partial charge in [0.1, 0.15) is 6.20 Å². The maximum absolute atomic E-state index is 11.6. The Morgan fingerprint density at radius 1 is 1.53 bits per heavy atom. The highest BCUT2D eigenvalue weighted by Crippen LogP contribution is 2.18. The minimum atomic E-state index is -0.672. The highest BCUT2D eigenvalue weighted by atomic mass is 16.6. The van der Waals surface area contributed by atoms with Crippen molar-refractivity contribution >= 4 is 5.69 Å². The predicted molar refractivity (Wildman–Crippen MR) is 50.8 cm³/mol. The van der Waals surface area contributed by atoms with Crippen LogP contribution in [0.15, 0.2) is 11.0 Å². The summed E-state index contributed by atoms with van der Waals surface area (Å²) in [6.45, 7) is 1.17. The number of nitrogens with one attached hydrogen (secondary N) is 1. The zero-order chi connectivity index (χ0) is 10.8. The SMILES string of the molecule is O=c1c([N+](=O)[O-])c[nH]n1C1CCOCC1. The highest BCUT2D eigenvalue weighted by molar-refractivity contribution is 5.21. The third-order valence-corrected chi connectivity index (χ3v) is 2.53. The summed E-state index contributed by atoms with van der Waals surface area (Å²) >= 11 is 0. The molecule has 7 heteroatoms. The Bertz CT molecular complexity index is 416. The maximum atomic E-state index is 11.6. The van der Waals surface area contributed by atoms with E-state index < -0.39 is 16.2 Å². The molecule has 1 saturated heterocycles. The van der Waals surface area contributed by atoms with E-state index in [9.17, 15) is 14.9 Å². The van der Waals surface area contributed by atoms with E-state index in [4.69, 9.17) is 4.74 Å². The van der Waals surface area contributed by atoms with Crippen molar-refractivity contribution in [2.75, 3.05) is 13.2 Å². The molecule has 1 aliphatic heterocycles. The molecule has 2 rings (SSSR count). The van der Waals surface area contributed by atoms with Crippen LogP contribution < -0.4 is 5.56 Å². The molecule has 0 saturated carbocycles. The number of aromatic nitrogens is 2. The van der Waals surface area contributed by atoms with Crippen molar-refractivity contribution < 1.29 is 9.66 Å². The molecule has 82 valence electrons. The Morgan fingerprint density at radius 3 is 2.73 bits per heavy atom. The van der Waals surface area contributed by atoms with Crippen molar-refractivity contribution in [3.05, 3.63) is 26.7 Å². The second-order valence-corrected chi connectivity index (χ2v) is 3.43. The normalized spacial score (nSPS) is 17.9. The molecular formula is C8H11N3O4. The van der Waals surface area contributed by atoms with Crippen LogP contribution in [0.3, 0.4) is 0 Å². The van der Waals surface area contributed by atoms with Crippen molar-refractivity contribution in [2.45, 2.75) is 18.9 Å².